The van der Waals surface area contributed by atoms with Gasteiger partial charge in [0.15, 0.2) is 0 Å². The van der Waals surface area contributed by atoms with Crippen LogP contribution >= 0.6 is 11.6 Å². The molecule has 7 nitrogen and oxygen atoms in total. The fraction of sp³-hybridized carbons (Fsp3) is 0.556. The van der Waals surface area contributed by atoms with E-state index in [1.165, 1.54) is 0 Å². The molecule has 2 N–H and O–H groups in total. The first-order valence-electron chi connectivity index (χ1n) is 8.92. The summed E-state index contributed by atoms with van der Waals surface area (Å²) in [7, 11) is 0. The van der Waals surface area contributed by atoms with E-state index in [4.69, 9.17) is 16.3 Å². The molecule has 26 heavy (non-hydrogen) atoms. The maximum atomic E-state index is 12.8. The van der Waals surface area contributed by atoms with Crippen molar-refractivity contribution in [1.29, 1.82) is 0 Å². The molecule has 4 rings (SSSR count). The zero-order chi connectivity index (χ0) is 18.4. The molecule has 0 saturated carbocycles. The largest absolute Gasteiger partial charge is 0.508 e. The number of cyclic esters (lactones) is 1. The third-order valence-corrected chi connectivity index (χ3v) is 6.09. The molecule has 3 aliphatic rings. The number of nitrogens with zero attached hydrogens (tertiary/aromatic N) is 2. The van der Waals surface area contributed by atoms with E-state index in [0.29, 0.717) is 36.6 Å². The fourth-order valence-electron chi connectivity index (χ4n) is 4.19. The summed E-state index contributed by atoms with van der Waals surface area (Å²) in [5.41, 5.74) is 1.53. The lowest BCUT2D eigenvalue weighted by atomic mass is 9.92. The van der Waals surface area contributed by atoms with E-state index < -0.39 is 12.2 Å². The molecule has 0 aromatic heterocycles. The second-order valence-electron chi connectivity index (χ2n) is 7.16. The molecule has 1 unspecified atom stereocenters. The average Bonchev–Trinajstić information content (AvgIpc) is 3.19. The predicted molar refractivity (Wildman–Crippen MR) is 95.4 cm³/mol. The molecule has 3 heterocycles. The molecule has 1 aromatic carbocycles. The molecule has 0 spiro atoms. The molecule has 1 aromatic rings. The first kappa shape index (κ1) is 17.4. The van der Waals surface area contributed by atoms with Gasteiger partial charge in [-0.3, -0.25) is 4.79 Å². The number of aromatic hydroxyl groups is 1. The summed E-state index contributed by atoms with van der Waals surface area (Å²) in [4.78, 5) is 28.5. The highest BCUT2D eigenvalue weighted by atomic mass is 35.5. The molecule has 3 fully saturated rings. The van der Waals surface area contributed by atoms with Crippen LogP contribution in [0.2, 0.25) is 5.02 Å². The number of benzene rings is 1. The van der Waals surface area contributed by atoms with Crippen LogP contribution in [0, 0.1) is 6.92 Å². The van der Waals surface area contributed by atoms with Crippen LogP contribution in [0.5, 0.6) is 5.75 Å². The summed E-state index contributed by atoms with van der Waals surface area (Å²) < 4.78 is 5.39. The maximum absolute atomic E-state index is 12.8. The topological polar surface area (TPSA) is 82.1 Å². The van der Waals surface area contributed by atoms with E-state index in [1.807, 2.05) is 6.92 Å². The van der Waals surface area contributed by atoms with Gasteiger partial charge in [0, 0.05) is 44.2 Å². The first-order chi connectivity index (χ1) is 12.5. The van der Waals surface area contributed by atoms with Crippen molar-refractivity contribution in [2.24, 2.45) is 0 Å². The Balaban J connectivity index is 1.57. The number of halogens is 1. The Hall–Kier alpha value is -1.99. The third-order valence-electron chi connectivity index (χ3n) is 5.59. The van der Waals surface area contributed by atoms with Gasteiger partial charge in [-0.15, -0.1) is 0 Å². The number of phenolic OH excluding ortho intramolecular Hbond substituents is 1. The van der Waals surface area contributed by atoms with Gasteiger partial charge >= 0.3 is 6.09 Å². The van der Waals surface area contributed by atoms with Crippen LogP contribution < -0.4 is 5.32 Å². The average molecular weight is 380 g/mol. The van der Waals surface area contributed by atoms with Crippen LogP contribution in [0.15, 0.2) is 12.1 Å². The van der Waals surface area contributed by atoms with Gasteiger partial charge in [0.1, 0.15) is 5.75 Å². The summed E-state index contributed by atoms with van der Waals surface area (Å²) in [5, 5.41) is 14.0. The third kappa shape index (κ3) is 2.79. The Bertz CT molecular complexity index is 750. The Morgan fingerprint density at radius 2 is 2.08 bits per heavy atom. The minimum Gasteiger partial charge on any atom is -0.508 e. The number of fused-ring (bicyclic) bond motifs is 1. The number of carbonyl (C=O) groups excluding carboxylic acids is 2. The second-order valence-corrected chi connectivity index (χ2v) is 7.54. The van der Waals surface area contributed by atoms with Gasteiger partial charge in [-0.05, 0) is 25.0 Å². The normalized spacial score (nSPS) is 28.2. The minimum atomic E-state index is -0.781. The van der Waals surface area contributed by atoms with Crippen LogP contribution in [-0.2, 0) is 9.53 Å². The number of carbonyl (C=O) groups is 2. The molecular weight excluding hydrogens is 358 g/mol. The number of amides is 2. The number of piperazine rings is 1. The van der Waals surface area contributed by atoms with Crippen molar-refractivity contribution >= 4 is 23.6 Å². The zero-order valence-electron chi connectivity index (χ0n) is 14.6. The van der Waals surface area contributed by atoms with E-state index in [9.17, 15) is 14.7 Å². The van der Waals surface area contributed by atoms with Gasteiger partial charge in [0.25, 0.3) is 5.91 Å². The molecule has 3 atom stereocenters. The molecule has 0 aliphatic carbocycles. The summed E-state index contributed by atoms with van der Waals surface area (Å²) in [6.07, 6.45) is -0.698. The number of hydrogen-bond acceptors (Lipinski definition) is 5. The molecule has 3 saturated heterocycles. The highest BCUT2D eigenvalue weighted by Crippen LogP contribution is 2.44. The molecular formula is C18H22ClN3O4. The van der Waals surface area contributed by atoms with E-state index in [2.05, 4.69) is 5.32 Å². The van der Waals surface area contributed by atoms with Crippen molar-refractivity contribution in [2.45, 2.75) is 31.4 Å². The van der Waals surface area contributed by atoms with Gasteiger partial charge in [0.05, 0.1) is 11.1 Å². The van der Waals surface area contributed by atoms with E-state index in [1.54, 1.807) is 21.9 Å². The van der Waals surface area contributed by atoms with Gasteiger partial charge < -0.3 is 25.0 Å². The van der Waals surface area contributed by atoms with Gasteiger partial charge in [-0.2, -0.15) is 0 Å². The Morgan fingerprint density at radius 1 is 1.35 bits per heavy atom. The quantitative estimate of drug-likeness (QED) is 0.813. The summed E-state index contributed by atoms with van der Waals surface area (Å²) >= 11 is 6.42. The minimum absolute atomic E-state index is 0.112. The maximum Gasteiger partial charge on any atom is 0.411 e. The number of hydrogen-bond donors (Lipinski definition) is 2. The number of nitrogens with one attached hydrogen (secondary N) is 1. The standard InChI is InChI=1S/C18H22ClN3O4/c1-10-2-3-13(23)14(15(10)19)11-8-12-16(26-18(25)22(12)9-11)17(24)21-6-4-20-5-7-21/h2-3,11-12,16,20,23H,4-9H2,1H3/t11-,12-,16?/m0/s1. The van der Waals surface area contributed by atoms with Gasteiger partial charge in [-0.1, -0.05) is 17.7 Å². The Morgan fingerprint density at radius 3 is 2.81 bits per heavy atom. The van der Waals surface area contributed by atoms with Gasteiger partial charge in [0.2, 0.25) is 6.10 Å². The number of ether oxygens (including phenoxy) is 1. The summed E-state index contributed by atoms with van der Waals surface area (Å²) in [6, 6.07) is 3.08. The van der Waals surface area contributed by atoms with E-state index in [-0.39, 0.29) is 23.6 Å². The fourth-order valence-corrected chi connectivity index (χ4v) is 4.50. The van der Waals surface area contributed by atoms with Crippen molar-refractivity contribution in [3.8, 4) is 5.75 Å². The number of aryl methyl sites for hydroxylation is 1. The van der Waals surface area contributed by atoms with Crippen molar-refractivity contribution in [3.05, 3.63) is 28.3 Å². The SMILES string of the molecule is Cc1ccc(O)c([C@H]2C[C@H]3C(C(=O)N4CCNCC4)OC(=O)N3C2)c1Cl. The lowest BCUT2D eigenvalue weighted by Crippen LogP contribution is -2.52. The second kappa shape index (κ2) is 6.63. The Kier molecular flexibility index (Phi) is 4.44. The number of rotatable bonds is 2. The molecule has 8 heteroatoms. The predicted octanol–water partition coefficient (Wildman–Crippen LogP) is 1.46. The first-order valence-corrected chi connectivity index (χ1v) is 9.30. The van der Waals surface area contributed by atoms with E-state index in [0.717, 1.165) is 18.7 Å². The number of phenols is 1. The smallest absolute Gasteiger partial charge is 0.411 e. The van der Waals surface area contributed by atoms with E-state index >= 15 is 0 Å². The van der Waals surface area contributed by atoms with Crippen LogP contribution in [-0.4, -0.2) is 71.8 Å². The molecule has 140 valence electrons. The Labute approximate surface area is 156 Å². The highest BCUT2D eigenvalue weighted by molar-refractivity contribution is 6.32. The van der Waals surface area contributed by atoms with Crippen LogP contribution in [0.25, 0.3) is 0 Å². The lowest BCUT2D eigenvalue weighted by molar-refractivity contribution is -0.140. The van der Waals surface area contributed by atoms with Crippen molar-refractivity contribution in [3.63, 3.8) is 0 Å². The van der Waals surface area contributed by atoms with Crippen LogP contribution in [0.4, 0.5) is 4.79 Å². The zero-order valence-corrected chi connectivity index (χ0v) is 15.3. The monoisotopic (exact) mass is 379 g/mol. The molecule has 2 amide bonds. The molecule has 0 radical (unpaired) electrons. The van der Waals surface area contributed by atoms with Crippen molar-refractivity contribution in [1.82, 2.24) is 15.1 Å². The molecule has 3 aliphatic heterocycles. The van der Waals surface area contributed by atoms with Crippen LogP contribution in [0.1, 0.15) is 23.5 Å². The summed E-state index contributed by atoms with van der Waals surface area (Å²) in [5.74, 6) is -0.115. The van der Waals surface area contributed by atoms with Gasteiger partial charge in [-0.25, -0.2) is 4.79 Å². The highest BCUT2D eigenvalue weighted by Gasteiger charge is 2.52. The van der Waals surface area contributed by atoms with Crippen molar-refractivity contribution in [2.75, 3.05) is 32.7 Å². The molecule has 0 bridgehead atoms. The summed E-state index contributed by atoms with van der Waals surface area (Å²) in [6.45, 7) is 5.01. The van der Waals surface area contributed by atoms with Crippen molar-refractivity contribution < 1.29 is 19.4 Å². The lowest BCUT2D eigenvalue weighted by Gasteiger charge is -2.30. The van der Waals surface area contributed by atoms with Crippen LogP contribution in [0.3, 0.4) is 0 Å².